The van der Waals surface area contributed by atoms with Gasteiger partial charge < -0.3 is 10.6 Å². The van der Waals surface area contributed by atoms with Gasteiger partial charge in [-0.3, -0.25) is 0 Å². The summed E-state index contributed by atoms with van der Waals surface area (Å²) in [7, 11) is 0. The van der Waals surface area contributed by atoms with E-state index in [4.69, 9.17) is 11.6 Å². The van der Waals surface area contributed by atoms with E-state index in [1.807, 2.05) is 36.4 Å². The molecule has 0 aliphatic rings. The number of unbranched alkanes of at least 4 members (excludes halogenated alkanes) is 1. The molecule has 0 saturated heterocycles. The Labute approximate surface area is 151 Å². The second-order valence-corrected chi connectivity index (χ2v) is 5.83. The summed E-state index contributed by atoms with van der Waals surface area (Å²) in [4.78, 5) is 17.5. The van der Waals surface area contributed by atoms with Gasteiger partial charge in [0.25, 0.3) is 0 Å². The molecule has 3 rings (SSSR count). The molecule has 0 unspecified atom stereocenters. The Balaban J connectivity index is 1.91. The molecule has 6 nitrogen and oxygen atoms in total. The van der Waals surface area contributed by atoms with Crippen LogP contribution in [0.15, 0.2) is 48.7 Å². The van der Waals surface area contributed by atoms with Crippen LogP contribution in [0.2, 0.25) is 5.15 Å². The number of nitrogens with zero attached hydrogens (tertiary/aromatic N) is 4. The highest BCUT2D eigenvalue weighted by molar-refractivity contribution is 6.29. The maximum absolute atomic E-state index is 5.94. The summed E-state index contributed by atoms with van der Waals surface area (Å²) < 4.78 is 0. The molecular weight excluding hydrogens is 336 g/mol. The fourth-order valence-corrected chi connectivity index (χ4v) is 2.39. The molecule has 0 aliphatic heterocycles. The Morgan fingerprint density at radius 2 is 1.80 bits per heavy atom. The summed E-state index contributed by atoms with van der Waals surface area (Å²) in [5.74, 6) is 1.61. The average molecular weight is 355 g/mol. The fourth-order valence-electron chi connectivity index (χ4n) is 2.21. The van der Waals surface area contributed by atoms with E-state index < -0.39 is 0 Å². The molecule has 0 bridgehead atoms. The van der Waals surface area contributed by atoms with Crippen molar-refractivity contribution < 1.29 is 0 Å². The maximum Gasteiger partial charge on any atom is 0.232 e. The van der Waals surface area contributed by atoms with Crippen LogP contribution in [0.4, 0.5) is 17.6 Å². The van der Waals surface area contributed by atoms with Gasteiger partial charge in [-0.2, -0.15) is 15.0 Å². The van der Waals surface area contributed by atoms with E-state index in [0.717, 1.165) is 30.6 Å². The lowest BCUT2D eigenvalue weighted by Gasteiger charge is -2.10. The molecule has 128 valence electrons. The van der Waals surface area contributed by atoms with Gasteiger partial charge in [-0.25, -0.2) is 4.98 Å². The molecule has 0 aliphatic carbocycles. The van der Waals surface area contributed by atoms with Crippen molar-refractivity contribution in [3.63, 3.8) is 0 Å². The number of hydrogen-bond acceptors (Lipinski definition) is 6. The zero-order valence-corrected chi connectivity index (χ0v) is 14.7. The van der Waals surface area contributed by atoms with Crippen molar-refractivity contribution in [2.45, 2.75) is 19.8 Å². The van der Waals surface area contributed by atoms with Crippen molar-refractivity contribution in [3.05, 3.63) is 53.8 Å². The smallest absolute Gasteiger partial charge is 0.232 e. The number of pyridine rings is 1. The summed E-state index contributed by atoms with van der Waals surface area (Å²) in [6, 6.07) is 13.3. The van der Waals surface area contributed by atoms with Gasteiger partial charge in [-0.15, -0.1) is 0 Å². The number of benzene rings is 1. The first-order valence-electron chi connectivity index (χ1n) is 8.18. The average Bonchev–Trinajstić information content (AvgIpc) is 2.63. The third-order valence-electron chi connectivity index (χ3n) is 3.46. The Bertz CT molecular complexity index is 825. The molecule has 0 saturated carbocycles. The Kier molecular flexibility index (Phi) is 5.74. The topological polar surface area (TPSA) is 75.6 Å². The van der Waals surface area contributed by atoms with Gasteiger partial charge in [0.2, 0.25) is 11.9 Å². The molecule has 3 aromatic rings. The van der Waals surface area contributed by atoms with Crippen LogP contribution >= 0.6 is 11.6 Å². The zero-order valence-electron chi connectivity index (χ0n) is 13.9. The third-order valence-corrected chi connectivity index (χ3v) is 3.67. The molecule has 2 aromatic heterocycles. The Morgan fingerprint density at radius 1 is 1.00 bits per heavy atom. The summed E-state index contributed by atoms with van der Waals surface area (Å²) in [5.41, 5.74) is 1.70. The highest BCUT2D eigenvalue weighted by Crippen LogP contribution is 2.21. The Morgan fingerprint density at radius 3 is 2.56 bits per heavy atom. The normalized spacial score (nSPS) is 10.5. The minimum atomic E-state index is 0.406. The van der Waals surface area contributed by atoms with Crippen LogP contribution in [0.25, 0.3) is 11.4 Å². The monoisotopic (exact) mass is 354 g/mol. The molecule has 1 aromatic carbocycles. The highest BCUT2D eigenvalue weighted by atomic mass is 35.5. The molecule has 2 N–H and O–H groups in total. The second kappa shape index (κ2) is 8.39. The quantitative estimate of drug-likeness (QED) is 0.479. The van der Waals surface area contributed by atoms with Crippen LogP contribution < -0.4 is 10.6 Å². The number of rotatable bonds is 7. The van der Waals surface area contributed by atoms with Crippen LogP contribution in [0, 0.1) is 0 Å². The summed E-state index contributed by atoms with van der Waals surface area (Å²) >= 11 is 5.94. The number of aromatic nitrogens is 4. The van der Waals surface area contributed by atoms with Crippen LogP contribution in [-0.2, 0) is 0 Å². The predicted octanol–water partition coefficient (Wildman–Crippen LogP) is 4.54. The lowest BCUT2D eigenvalue weighted by molar-refractivity contribution is 0.825. The van der Waals surface area contributed by atoms with Gasteiger partial charge in [-0.05, 0) is 18.6 Å². The van der Waals surface area contributed by atoms with Crippen molar-refractivity contribution in [1.29, 1.82) is 0 Å². The van der Waals surface area contributed by atoms with E-state index in [2.05, 4.69) is 37.5 Å². The van der Waals surface area contributed by atoms with Gasteiger partial charge in [0.1, 0.15) is 5.15 Å². The second-order valence-electron chi connectivity index (χ2n) is 5.44. The van der Waals surface area contributed by atoms with Gasteiger partial charge >= 0.3 is 0 Å². The first-order valence-corrected chi connectivity index (χ1v) is 8.56. The van der Waals surface area contributed by atoms with Gasteiger partial charge in [0, 0.05) is 24.0 Å². The molecular formula is C18H19ClN6. The molecule has 7 heteroatoms. The van der Waals surface area contributed by atoms with Crippen LogP contribution in [0.1, 0.15) is 19.8 Å². The van der Waals surface area contributed by atoms with E-state index in [9.17, 15) is 0 Å². The van der Waals surface area contributed by atoms with E-state index in [-0.39, 0.29) is 0 Å². The summed E-state index contributed by atoms with van der Waals surface area (Å²) in [6.07, 6.45) is 3.78. The number of anilines is 3. The summed E-state index contributed by atoms with van der Waals surface area (Å²) in [5, 5.41) is 6.82. The zero-order chi connectivity index (χ0) is 17.5. The number of halogens is 1. The first-order chi connectivity index (χ1) is 12.2. The minimum Gasteiger partial charge on any atom is -0.354 e. The van der Waals surface area contributed by atoms with Crippen LogP contribution in [0.3, 0.4) is 0 Å². The van der Waals surface area contributed by atoms with Crippen molar-refractivity contribution in [2.75, 3.05) is 17.2 Å². The molecule has 0 amide bonds. The molecule has 25 heavy (non-hydrogen) atoms. The van der Waals surface area contributed by atoms with Gasteiger partial charge in [-0.1, -0.05) is 55.3 Å². The third kappa shape index (κ3) is 4.87. The first kappa shape index (κ1) is 17.1. The van der Waals surface area contributed by atoms with Crippen molar-refractivity contribution in [3.8, 4) is 11.4 Å². The fraction of sp³-hybridized carbons (Fsp3) is 0.222. The predicted molar refractivity (Wildman–Crippen MR) is 101 cm³/mol. The molecule has 0 fully saturated rings. The van der Waals surface area contributed by atoms with E-state index in [0.29, 0.717) is 22.9 Å². The van der Waals surface area contributed by atoms with E-state index in [1.54, 1.807) is 12.3 Å². The maximum atomic E-state index is 5.94. The SMILES string of the molecule is CCCCNc1nc(Nc2ccnc(Cl)c2)nc(-c2ccccc2)n1. The molecule has 0 spiro atoms. The van der Waals surface area contributed by atoms with Crippen LogP contribution in [0.5, 0.6) is 0 Å². The minimum absolute atomic E-state index is 0.406. The molecule has 2 heterocycles. The molecule has 0 atom stereocenters. The van der Waals surface area contributed by atoms with E-state index in [1.165, 1.54) is 0 Å². The Hall–Kier alpha value is -2.73. The lowest BCUT2D eigenvalue weighted by Crippen LogP contribution is -2.09. The van der Waals surface area contributed by atoms with Gasteiger partial charge in [0.05, 0.1) is 0 Å². The molecule has 0 radical (unpaired) electrons. The standard InChI is InChI=1S/C18H19ClN6/c1-2-3-10-21-17-23-16(13-7-5-4-6-8-13)24-18(25-17)22-14-9-11-20-15(19)12-14/h4-9,11-12H,2-3,10H2,1H3,(H2,20,21,22,23,24,25). The van der Waals surface area contributed by atoms with Crippen molar-refractivity contribution in [1.82, 2.24) is 19.9 Å². The lowest BCUT2D eigenvalue weighted by atomic mass is 10.2. The van der Waals surface area contributed by atoms with E-state index >= 15 is 0 Å². The number of hydrogen-bond donors (Lipinski definition) is 2. The summed E-state index contributed by atoms with van der Waals surface area (Å²) in [6.45, 7) is 2.96. The van der Waals surface area contributed by atoms with Crippen molar-refractivity contribution >= 4 is 29.2 Å². The van der Waals surface area contributed by atoms with Gasteiger partial charge in [0.15, 0.2) is 5.82 Å². The van der Waals surface area contributed by atoms with Crippen molar-refractivity contribution in [2.24, 2.45) is 0 Å². The number of nitrogens with one attached hydrogen (secondary N) is 2. The highest BCUT2D eigenvalue weighted by Gasteiger charge is 2.09. The largest absolute Gasteiger partial charge is 0.354 e. The van der Waals surface area contributed by atoms with Crippen LogP contribution in [-0.4, -0.2) is 26.5 Å².